The molecule has 0 amide bonds. The van der Waals surface area contributed by atoms with Crippen LogP contribution in [-0.4, -0.2) is 53.5 Å². The first-order chi connectivity index (χ1) is 33.3. The lowest BCUT2D eigenvalue weighted by molar-refractivity contribution is 1.12. The second kappa shape index (κ2) is 11.1. The number of para-hydroxylation sites is 6. The van der Waals surface area contributed by atoms with Gasteiger partial charge in [-0.25, -0.2) is 0 Å². The summed E-state index contributed by atoms with van der Waals surface area (Å²) < 4.78 is 0. The minimum Gasteiger partial charge on any atom is -0.356 e. The Morgan fingerprint density at radius 2 is 0.851 bits per heavy atom. The highest BCUT2D eigenvalue weighted by Gasteiger charge is 2.54. The summed E-state index contributed by atoms with van der Waals surface area (Å²) in [6.45, 7) is 0.786. The van der Waals surface area contributed by atoms with Gasteiger partial charge in [0.05, 0.1) is 0 Å². The van der Waals surface area contributed by atoms with E-state index in [1.54, 1.807) is 10.9 Å². The largest absolute Gasteiger partial charge is 0.356 e. The van der Waals surface area contributed by atoms with Crippen LogP contribution in [0.3, 0.4) is 0 Å². The summed E-state index contributed by atoms with van der Waals surface area (Å²) in [7, 11) is 0.920. The lowest BCUT2D eigenvalue weighted by Crippen LogP contribution is -2.69. The number of nitrogens with one attached hydrogen (secondary N) is 1. The third-order valence-electron chi connectivity index (χ3n) is 18.0. The van der Waals surface area contributed by atoms with Crippen LogP contribution in [-0.2, 0) is 0 Å². The van der Waals surface area contributed by atoms with Crippen LogP contribution >= 0.6 is 0 Å². The molecule has 10 heteroatoms. The van der Waals surface area contributed by atoms with E-state index in [4.69, 9.17) is 0 Å². The average molecular weight is 843 g/mol. The van der Waals surface area contributed by atoms with Crippen molar-refractivity contribution in [3.8, 4) is 0 Å². The second-order valence-electron chi connectivity index (χ2n) is 20.6. The van der Waals surface area contributed by atoms with E-state index in [1.807, 2.05) is 0 Å². The second-order valence-corrected chi connectivity index (χ2v) is 20.6. The van der Waals surface area contributed by atoms with Crippen molar-refractivity contribution in [2.75, 3.05) is 44.2 Å². The van der Waals surface area contributed by atoms with Gasteiger partial charge in [-0.3, -0.25) is 0 Å². The normalized spacial score (nSPS) is 16.5. The quantitative estimate of drug-likeness (QED) is 0.184. The molecule has 10 aromatic carbocycles. The van der Waals surface area contributed by atoms with Crippen molar-refractivity contribution in [3.05, 3.63) is 158 Å². The van der Waals surface area contributed by atoms with Crippen LogP contribution in [0.15, 0.2) is 158 Å². The molecule has 5 nitrogen and oxygen atoms in total. The highest BCUT2D eigenvalue weighted by atomic mass is 15.2. The molecule has 0 spiro atoms. The maximum Gasteiger partial charge on any atom is 0.252 e. The summed E-state index contributed by atoms with van der Waals surface area (Å²) in [5.41, 5.74) is 31.0. The van der Waals surface area contributed by atoms with Crippen molar-refractivity contribution in [3.63, 3.8) is 0 Å². The third kappa shape index (κ3) is 3.61. The van der Waals surface area contributed by atoms with E-state index >= 15 is 0 Å². The molecule has 0 atom stereocenters. The molecule has 0 aromatic heterocycles. The van der Waals surface area contributed by atoms with Gasteiger partial charge in [-0.1, -0.05) is 126 Å². The maximum absolute atomic E-state index is 4.11. The van der Waals surface area contributed by atoms with Crippen molar-refractivity contribution >= 4 is 189 Å². The van der Waals surface area contributed by atoms with Crippen molar-refractivity contribution < 1.29 is 0 Å². The molecular weight excluding hydrogens is 809 g/mol. The van der Waals surface area contributed by atoms with E-state index in [2.05, 4.69) is 183 Å². The summed E-state index contributed by atoms with van der Waals surface area (Å²) in [6.07, 6.45) is 2.76. The van der Waals surface area contributed by atoms with Crippen LogP contribution < -0.4 is 85.0 Å². The molecule has 0 fully saturated rings. The SMILES string of the molecule is B1c2ccccc2N2c3ccccc3B3CN4c5ccccc5B5CN6c7ccccc7B7CN8c9ccccc9B9c%10ccccc%10Nc%10cc%11c(c7c6c6c5c4c4c3c2c1cc4c6%11)c8c%109. The first-order valence-electron chi connectivity index (χ1n) is 24.4. The van der Waals surface area contributed by atoms with Crippen LogP contribution in [0, 0.1) is 0 Å². The Morgan fingerprint density at radius 1 is 0.373 bits per heavy atom. The predicted octanol–water partition coefficient (Wildman–Crippen LogP) is 4.04. The Kier molecular flexibility index (Phi) is 5.59. The number of nitrogens with zero attached hydrogens (tertiary/aromatic N) is 4. The molecule has 0 radical (unpaired) electrons. The number of fused-ring (bicyclic) bond motifs is 18. The highest BCUT2D eigenvalue weighted by Crippen LogP contribution is 2.54. The van der Waals surface area contributed by atoms with Crippen molar-refractivity contribution in [2.45, 2.75) is 0 Å². The van der Waals surface area contributed by atoms with Gasteiger partial charge in [0.2, 0.25) is 20.1 Å². The fourth-order valence-electron chi connectivity index (χ4n) is 15.8. The summed E-state index contributed by atoms with van der Waals surface area (Å²) in [4.78, 5) is 11.0. The van der Waals surface area contributed by atoms with E-state index in [1.165, 1.54) is 144 Å². The first kappa shape index (κ1) is 33.7. The molecule has 1 N–H and O–H groups in total. The number of anilines is 11. The molecule has 9 aliphatic rings. The fourth-order valence-corrected chi connectivity index (χ4v) is 15.8. The number of benzene rings is 10. The zero-order chi connectivity index (χ0) is 42.7. The number of rotatable bonds is 0. The Balaban J connectivity index is 1.07. The van der Waals surface area contributed by atoms with Crippen LogP contribution in [0.1, 0.15) is 0 Å². The zero-order valence-corrected chi connectivity index (χ0v) is 36.4. The van der Waals surface area contributed by atoms with Gasteiger partial charge in [0.1, 0.15) is 0 Å². The van der Waals surface area contributed by atoms with Crippen molar-refractivity contribution in [1.82, 2.24) is 0 Å². The lowest BCUT2D eigenvalue weighted by Gasteiger charge is -2.53. The average Bonchev–Trinajstić information content (AvgIpc) is 3.38. The minimum absolute atomic E-state index is 0.144. The molecule has 9 heterocycles. The van der Waals surface area contributed by atoms with E-state index in [0.717, 1.165) is 26.6 Å². The van der Waals surface area contributed by atoms with Gasteiger partial charge in [-0.2, -0.15) is 0 Å². The molecule has 10 aromatic rings. The van der Waals surface area contributed by atoms with Crippen LogP contribution in [0.4, 0.5) is 62.6 Å². The van der Waals surface area contributed by atoms with Crippen LogP contribution in [0.5, 0.6) is 0 Å². The van der Waals surface area contributed by atoms with E-state index in [0.29, 0.717) is 0 Å². The zero-order valence-electron chi connectivity index (χ0n) is 36.4. The minimum atomic E-state index is 0.144. The highest BCUT2D eigenvalue weighted by molar-refractivity contribution is 7.02. The smallest absolute Gasteiger partial charge is 0.252 e. The molecule has 67 heavy (non-hydrogen) atoms. The molecule has 19 rings (SSSR count). The van der Waals surface area contributed by atoms with Gasteiger partial charge >= 0.3 is 0 Å². The Bertz CT molecular complexity index is 3870. The molecule has 0 unspecified atom stereocenters. The Labute approximate surface area is 389 Å². The molecule has 0 saturated heterocycles. The lowest BCUT2D eigenvalue weighted by atomic mass is 9.30. The van der Waals surface area contributed by atoms with E-state index < -0.39 is 0 Å². The van der Waals surface area contributed by atoms with E-state index in [-0.39, 0.29) is 26.9 Å². The summed E-state index contributed by atoms with van der Waals surface area (Å²) >= 11 is 0. The fraction of sp³-hybridized carbons (Fsp3) is 0.0526. The van der Waals surface area contributed by atoms with Crippen LogP contribution in [0.25, 0.3) is 32.3 Å². The molecule has 0 aliphatic carbocycles. The Morgan fingerprint density at radius 3 is 1.54 bits per heavy atom. The third-order valence-corrected chi connectivity index (χ3v) is 18.0. The molecule has 0 saturated carbocycles. The monoisotopic (exact) mass is 843 g/mol. The summed E-state index contributed by atoms with van der Waals surface area (Å²) in [5.74, 6) is 0. The molecule has 9 aliphatic heterocycles. The van der Waals surface area contributed by atoms with Gasteiger partial charge in [0, 0.05) is 98.1 Å². The maximum atomic E-state index is 4.11. The summed E-state index contributed by atoms with van der Waals surface area (Å²) in [5, 5.41) is 12.8. The predicted molar refractivity (Wildman–Crippen MR) is 290 cm³/mol. The molecular formula is C57H34B5N5. The number of hydrogen-bond acceptors (Lipinski definition) is 5. The first-order valence-corrected chi connectivity index (χ1v) is 24.4. The van der Waals surface area contributed by atoms with Gasteiger partial charge in [-0.05, 0) is 108 Å². The number of hydrogen-bond donors (Lipinski definition) is 1. The van der Waals surface area contributed by atoms with Gasteiger partial charge in [0.25, 0.3) is 6.71 Å². The topological polar surface area (TPSA) is 25.0 Å². The molecule has 0 bridgehead atoms. The standard InChI is InChI=1S/C57H34B5N5/c1-8-20-41-32(13-1)58-33-25-30-46-31-26-40-50-55-48(31)52-57-49(46)53-56-47(30)51-54(33)67(41)45-24-12-5-17-37(45)61(51)29-64(56)42-21-9-4-16-36(42)60(53)28-65(57)43-22-10-3-15-35(43)59(52)27-66(55)44-23-11-6-18-38(44)62(50)34-14-2-7-19-39(34)63-40/h1-26,58,63H,27-29H2. The van der Waals surface area contributed by atoms with Gasteiger partial charge in [0.15, 0.2) is 7.28 Å². The Hall–Kier alpha value is -7.70. The van der Waals surface area contributed by atoms with Gasteiger partial charge < -0.3 is 24.9 Å². The van der Waals surface area contributed by atoms with Crippen LogP contribution in [0.2, 0.25) is 0 Å². The van der Waals surface area contributed by atoms with Crippen molar-refractivity contribution in [1.29, 1.82) is 0 Å². The van der Waals surface area contributed by atoms with Gasteiger partial charge in [-0.15, -0.1) is 0 Å². The van der Waals surface area contributed by atoms with Crippen molar-refractivity contribution in [2.24, 2.45) is 0 Å². The summed E-state index contributed by atoms with van der Waals surface area (Å²) in [6, 6.07) is 61.2. The van der Waals surface area contributed by atoms with E-state index in [9.17, 15) is 0 Å². The molecule has 302 valence electrons.